The predicted molar refractivity (Wildman–Crippen MR) is 95.1 cm³/mol. The van der Waals surface area contributed by atoms with E-state index in [-0.39, 0.29) is 5.97 Å². The molecule has 1 aromatic heterocycles. The zero-order valence-electron chi connectivity index (χ0n) is 15.2. The van der Waals surface area contributed by atoms with Gasteiger partial charge in [-0.3, -0.25) is 24.4 Å². The molecule has 1 fully saturated rings. The molecule has 0 unspecified atom stereocenters. The number of pyridine rings is 1. The summed E-state index contributed by atoms with van der Waals surface area (Å²) in [4.78, 5) is 31.4. The number of nitrogens with two attached hydrogens (primary N) is 1. The Morgan fingerprint density at radius 1 is 1.24 bits per heavy atom. The van der Waals surface area contributed by atoms with Crippen molar-refractivity contribution in [1.82, 2.24) is 14.8 Å². The number of primary amides is 1. The lowest BCUT2D eigenvalue weighted by molar-refractivity contribution is -0.141. The van der Waals surface area contributed by atoms with Crippen molar-refractivity contribution in [2.75, 3.05) is 39.3 Å². The van der Waals surface area contributed by atoms with E-state index in [1.807, 2.05) is 6.07 Å². The van der Waals surface area contributed by atoms with Crippen molar-refractivity contribution in [1.29, 1.82) is 0 Å². The van der Waals surface area contributed by atoms with Gasteiger partial charge in [-0.25, -0.2) is 0 Å². The van der Waals surface area contributed by atoms with Gasteiger partial charge in [-0.05, 0) is 18.1 Å². The molecule has 2 N–H and O–H groups in total. The number of esters is 1. The van der Waals surface area contributed by atoms with E-state index >= 15 is 0 Å². The second-order valence-corrected chi connectivity index (χ2v) is 6.40. The molecule has 1 aromatic rings. The van der Waals surface area contributed by atoms with Crippen molar-refractivity contribution in [3.05, 3.63) is 29.1 Å². The molecule has 1 saturated heterocycles. The summed E-state index contributed by atoms with van der Waals surface area (Å²) in [5, 5.41) is 0. The normalized spacial score (nSPS) is 15.9. The van der Waals surface area contributed by atoms with E-state index in [2.05, 4.69) is 21.7 Å². The Morgan fingerprint density at radius 2 is 1.92 bits per heavy atom. The Morgan fingerprint density at radius 3 is 2.52 bits per heavy atom. The quantitative estimate of drug-likeness (QED) is 0.700. The van der Waals surface area contributed by atoms with Crippen molar-refractivity contribution in [2.24, 2.45) is 5.73 Å². The van der Waals surface area contributed by atoms with Crippen LogP contribution < -0.4 is 5.73 Å². The Bertz CT molecular complexity index is 598. The lowest BCUT2D eigenvalue weighted by Crippen LogP contribution is -2.47. The van der Waals surface area contributed by atoms with E-state index < -0.39 is 5.91 Å². The van der Waals surface area contributed by atoms with Gasteiger partial charge in [-0.1, -0.05) is 13.3 Å². The number of carbonyl (C=O) groups is 2. The third kappa shape index (κ3) is 6.10. The first kappa shape index (κ1) is 19.3. The van der Waals surface area contributed by atoms with Gasteiger partial charge >= 0.3 is 5.97 Å². The molecule has 1 amide bonds. The van der Waals surface area contributed by atoms with Crippen LogP contribution in [-0.4, -0.2) is 66.0 Å². The molecule has 1 aliphatic heterocycles. The average Bonchev–Trinajstić information content (AvgIpc) is 2.56. The van der Waals surface area contributed by atoms with Crippen LogP contribution in [0.2, 0.25) is 0 Å². The lowest BCUT2D eigenvalue weighted by Gasteiger charge is -2.34. The van der Waals surface area contributed by atoms with Gasteiger partial charge in [0.05, 0.1) is 11.3 Å². The first-order valence-electron chi connectivity index (χ1n) is 8.85. The maximum absolute atomic E-state index is 11.5. The summed E-state index contributed by atoms with van der Waals surface area (Å²) < 4.78 is 4.99. The summed E-state index contributed by atoms with van der Waals surface area (Å²) in [7, 11) is 0. The van der Waals surface area contributed by atoms with Crippen LogP contribution in [0.1, 0.15) is 41.9 Å². The fraction of sp³-hybridized carbons (Fsp3) is 0.611. The molecular weight excluding hydrogens is 320 g/mol. The molecule has 0 aromatic carbocycles. The maximum atomic E-state index is 11.5. The molecule has 0 aliphatic carbocycles. The summed E-state index contributed by atoms with van der Waals surface area (Å²) in [6, 6.07) is 2.01. The van der Waals surface area contributed by atoms with Crippen LogP contribution in [-0.2, 0) is 22.5 Å². The second-order valence-electron chi connectivity index (χ2n) is 6.40. The van der Waals surface area contributed by atoms with Crippen LogP contribution in [0.4, 0.5) is 0 Å². The lowest BCUT2D eigenvalue weighted by atomic mass is 10.0. The highest BCUT2D eigenvalue weighted by atomic mass is 16.5. The minimum Gasteiger partial charge on any atom is -0.465 e. The number of rotatable bonds is 8. The Hall–Kier alpha value is -1.99. The molecule has 1 aliphatic rings. The van der Waals surface area contributed by atoms with E-state index in [4.69, 9.17) is 10.5 Å². The van der Waals surface area contributed by atoms with Crippen LogP contribution in [0.25, 0.3) is 0 Å². The minimum absolute atomic E-state index is 0.230. The number of hydrogen-bond acceptors (Lipinski definition) is 6. The van der Waals surface area contributed by atoms with Crippen LogP contribution in [0, 0.1) is 0 Å². The predicted octanol–water partition coefficient (Wildman–Crippen LogP) is 0.814. The maximum Gasteiger partial charge on any atom is 0.302 e. The molecular formula is C18H28N4O3. The van der Waals surface area contributed by atoms with Gasteiger partial charge in [0.1, 0.15) is 6.61 Å². The monoisotopic (exact) mass is 348 g/mol. The molecule has 0 atom stereocenters. The average molecular weight is 348 g/mol. The minimum atomic E-state index is -0.413. The largest absolute Gasteiger partial charge is 0.465 e. The molecule has 0 spiro atoms. The van der Waals surface area contributed by atoms with Crippen LogP contribution in [0.15, 0.2) is 12.3 Å². The zero-order valence-corrected chi connectivity index (χ0v) is 15.2. The van der Waals surface area contributed by atoms with E-state index in [9.17, 15) is 9.59 Å². The number of aromatic nitrogens is 1. The van der Waals surface area contributed by atoms with E-state index in [0.717, 1.165) is 63.4 Å². The van der Waals surface area contributed by atoms with Crippen molar-refractivity contribution in [2.45, 2.75) is 33.2 Å². The van der Waals surface area contributed by atoms with E-state index in [1.165, 1.54) is 6.92 Å². The first-order chi connectivity index (χ1) is 12.0. The SMILES string of the molecule is CCCc1cc(CN2CCN(CCOC(C)=O)CC2)ncc1C(N)=O. The highest BCUT2D eigenvalue weighted by Crippen LogP contribution is 2.14. The molecule has 7 heteroatoms. The second kappa shape index (κ2) is 9.48. The number of carbonyl (C=O) groups excluding carboxylic acids is 2. The summed E-state index contributed by atoms with van der Waals surface area (Å²) in [6.07, 6.45) is 3.40. The number of hydrogen-bond donors (Lipinski definition) is 1. The number of piperazine rings is 1. The van der Waals surface area contributed by atoms with Gasteiger partial charge in [0.2, 0.25) is 0 Å². The molecule has 138 valence electrons. The van der Waals surface area contributed by atoms with Crippen molar-refractivity contribution >= 4 is 11.9 Å². The fourth-order valence-corrected chi connectivity index (χ4v) is 3.05. The number of amides is 1. The van der Waals surface area contributed by atoms with E-state index in [0.29, 0.717) is 12.2 Å². The van der Waals surface area contributed by atoms with Crippen LogP contribution in [0.5, 0.6) is 0 Å². The highest BCUT2D eigenvalue weighted by Gasteiger charge is 2.18. The first-order valence-corrected chi connectivity index (χ1v) is 8.85. The molecule has 0 bridgehead atoms. The van der Waals surface area contributed by atoms with Gasteiger partial charge < -0.3 is 10.5 Å². The Balaban J connectivity index is 1.86. The van der Waals surface area contributed by atoms with Gasteiger partial charge in [0.25, 0.3) is 5.91 Å². The third-order valence-corrected chi connectivity index (χ3v) is 4.39. The van der Waals surface area contributed by atoms with Gasteiger partial charge in [-0.2, -0.15) is 0 Å². The highest BCUT2D eigenvalue weighted by molar-refractivity contribution is 5.94. The zero-order chi connectivity index (χ0) is 18.2. The third-order valence-electron chi connectivity index (χ3n) is 4.39. The van der Waals surface area contributed by atoms with E-state index in [1.54, 1.807) is 6.20 Å². The summed E-state index contributed by atoms with van der Waals surface area (Å²) in [5.41, 5.74) is 7.92. The molecule has 0 radical (unpaired) electrons. The Labute approximate surface area is 149 Å². The molecule has 2 rings (SSSR count). The summed E-state index contributed by atoms with van der Waals surface area (Å²) in [5.74, 6) is -0.643. The van der Waals surface area contributed by atoms with Crippen molar-refractivity contribution < 1.29 is 14.3 Å². The standard InChI is InChI=1S/C18H28N4O3/c1-3-4-15-11-16(20-12-17(15)18(19)24)13-22-7-5-21(6-8-22)9-10-25-14(2)23/h11-12H,3-10,13H2,1-2H3,(H2,19,24). The topological polar surface area (TPSA) is 88.8 Å². The molecule has 2 heterocycles. The van der Waals surface area contributed by atoms with Crippen LogP contribution >= 0.6 is 0 Å². The summed E-state index contributed by atoms with van der Waals surface area (Å²) >= 11 is 0. The molecule has 25 heavy (non-hydrogen) atoms. The summed E-state index contributed by atoms with van der Waals surface area (Å²) in [6.45, 7) is 9.30. The van der Waals surface area contributed by atoms with Gasteiger partial charge in [-0.15, -0.1) is 0 Å². The molecule has 0 saturated carbocycles. The molecule has 7 nitrogen and oxygen atoms in total. The smallest absolute Gasteiger partial charge is 0.302 e. The van der Waals surface area contributed by atoms with Crippen LogP contribution in [0.3, 0.4) is 0 Å². The van der Waals surface area contributed by atoms with Gasteiger partial charge in [0, 0.05) is 52.4 Å². The number of aryl methyl sites for hydroxylation is 1. The number of ether oxygens (including phenoxy) is 1. The van der Waals surface area contributed by atoms with Gasteiger partial charge in [0.15, 0.2) is 0 Å². The van der Waals surface area contributed by atoms with Crippen molar-refractivity contribution in [3.8, 4) is 0 Å². The fourth-order valence-electron chi connectivity index (χ4n) is 3.05. The van der Waals surface area contributed by atoms with Crippen molar-refractivity contribution in [3.63, 3.8) is 0 Å². The Kier molecular flexibility index (Phi) is 7.33. The number of nitrogens with zero attached hydrogens (tertiary/aromatic N) is 3.